The summed E-state index contributed by atoms with van der Waals surface area (Å²) in [5.74, 6) is 0. The van der Waals surface area contributed by atoms with Crippen LogP contribution in [0.1, 0.15) is 75.5 Å². The number of hydrogen-bond acceptors (Lipinski definition) is 2. The minimum Gasteiger partial charge on any atom is -0.346 e. The number of fused-ring (bicyclic) bond motifs is 7. The summed E-state index contributed by atoms with van der Waals surface area (Å²) in [6, 6.07) is 58.9. The van der Waals surface area contributed by atoms with Crippen LogP contribution >= 0.6 is 10.0 Å². The lowest BCUT2D eigenvalue weighted by molar-refractivity contribution is 0.624. The fourth-order valence-electron chi connectivity index (χ4n) is 10.8. The number of aliphatic imine (C=N–C) groups is 1. The van der Waals surface area contributed by atoms with Crippen molar-refractivity contribution >= 4 is 76.8 Å². The Bertz CT molecular complexity index is 3500. The zero-order valence-corrected chi connectivity index (χ0v) is 39.6. The Hall–Kier alpha value is -7.34. The molecule has 0 saturated heterocycles. The van der Waals surface area contributed by atoms with Gasteiger partial charge in [-0.2, -0.15) is 0 Å². The summed E-state index contributed by atoms with van der Waals surface area (Å²) < 4.78 is 4.92. The first-order valence-electron chi connectivity index (χ1n) is 23.9. The van der Waals surface area contributed by atoms with Gasteiger partial charge in [-0.05, 0) is 134 Å². The number of para-hydroxylation sites is 2. The molecule has 330 valence electrons. The number of benzene rings is 7. The molecule has 0 saturated carbocycles. The van der Waals surface area contributed by atoms with E-state index in [0.29, 0.717) is 0 Å². The molecule has 0 bridgehead atoms. The Morgan fingerprint density at radius 2 is 1.40 bits per heavy atom. The van der Waals surface area contributed by atoms with Gasteiger partial charge in [-0.3, -0.25) is 0 Å². The van der Waals surface area contributed by atoms with Crippen molar-refractivity contribution in [1.82, 2.24) is 9.13 Å². The van der Waals surface area contributed by atoms with Crippen LogP contribution in [0.15, 0.2) is 225 Å². The SMILES string of the molecule is C/C=C\C(=C/CC)S(c1ccccc1)(c1ccccc1)c1ccc2c(c1)c1c(/C=C\C)c(CC)ccc1n2C1N=C(c2ccc3c(c2)c2ccccc2n3C2=CC=CCC2)c2ccccc2N1. The van der Waals surface area contributed by atoms with Gasteiger partial charge >= 0.3 is 0 Å². The second-order valence-corrected chi connectivity index (χ2v) is 20.5. The average molecular weight is 889 g/mol. The quantitative estimate of drug-likeness (QED) is 0.129. The molecule has 1 N–H and O–H groups in total. The van der Waals surface area contributed by atoms with Crippen molar-refractivity contribution in [2.45, 2.75) is 74.4 Å². The predicted molar refractivity (Wildman–Crippen MR) is 289 cm³/mol. The van der Waals surface area contributed by atoms with Gasteiger partial charge in [-0.25, -0.2) is 4.99 Å². The molecule has 5 heteroatoms. The van der Waals surface area contributed by atoms with Crippen molar-refractivity contribution in [2.24, 2.45) is 4.99 Å². The van der Waals surface area contributed by atoms with Gasteiger partial charge in [0.25, 0.3) is 0 Å². The van der Waals surface area contributed by atoms with E-state index in [1.54, 1.807) is 0 Å². The molecule has 9 aromatic rings. The summed E-state index contributed by atoms with van der Waals surface area (Å²) >= 11 is 0. The zero-order chi connectivity index (χ0) is 45.5. The first-order chi connectivity index (χ1) is 33.1. The second-order valence-electron chi connectivity index (χ2n) is 17.4. The number of nitrogens with zero attached hydrogens (tertiary/aromatic N) is 3. The Morgan fingerprint density at radius 1 is 0.687 bits per heavy atom. The van der Waals surface area contributed by atoms with E-state index in [-0.39, 0.29) is 0 Å². The van der Waals surface area contributed by atoms with Crippen LogP contribution in [0, 0.1) is 0 Å². The summed E-state index contributed by atoms with van der Waals surface area (Å²) in [4.78, 5) is 11.1. The minimum atomic E-state index is -1.94. The fraction of sp³-hybridized carbons (Fsp3) is 0.145. The van der Waals surface area contributed by atoms with E-state index in [2.05, 4.69) is 248 Å². The summed E-state index contributed by atoms with van der Waals surface area (Å²) in [6.45, 7) is 8.80. The van der Waals surface area contributed by atoms with E-state index in [9.17, 15) is 0 Å². The highest BCUT2D eigenvalue weighted by molar-refractivity contribution is 8.37. The molecule has 1 atom stereocenters. The van der Waals surface area contributed by atoms with Gasteiger partial charge in [0.1, 0.15) is 0 Å². The fourth-order valence-corrected chi connectivity index (χ4v) is 14.9. The molecule has 0 amide bonds. The van der Waals surface area contributed by atoms with E-state index in [4.69, 9.17) is 4.99 Å². The highest BCUT2D eigenvalue weighted by Gasteiger charge is 2.35. The van der Waals surface area contributed by atoms with Crippen LogP contribution in [0.5, 0.6) is 0 Å². The molecule has 67 heavy (non-hydrogen) atoms. The van der Waals surface area contributed by atoms with Crippen molar-refractivity contribution < 1.29 is 0 Å². The van der Waals surface area contributed by atoms with Crippen molar-refractivity contribution in [3.05, 3.63) is 227 Å². The predicted octanol–water partition coefficient (Wildman–Crippen LogP) is 17.3. The van der Waals surface area contributed by atoms with E-state index >= 15 is 0 Å². The molecule has 1 aliphatic heterocycles. The first kappa shape index (κ1) is 42.3. The molecule has 7 aromatic carbocycles. The number of anilines is 1. The Labute approximate surface area is 396 Å². The van der Waals surface area contributed by atoms with Gasteiger partial charge in [0.05, 0.1) is 27.8 Å². The van der Waals surface area contributed by atoms with Crippen molar-refractivity contribution in [2.75, 3.05) is 5.32 Å². The molecule has 1 aliphatic carbocycles. The molecular weight excluding hydrogens is 833 g/mol. The number of hydrogen-bond donors (Lipinski definition) is 1. The third-order valence-electron chi connectivity index (χ3n) is 13.6. The van der Waals surface area contributed by atoms with Gasteiger partial charge < -0.3 is 14.5 Å². The van der Waals surface area contributed by atoms with Crippen LogP contribution in [-0.4, -0.2) is 14.8 Å². The van der Waals surface area contributed by atoms with Gasteiger partial charge in [0, 0.05) is 58.7 Å². The van der Waals surface area contributed by atoms with Gasteiger partial charge in [-0.15, -0.1) is 10.0 Å². The maximum absolute atomic E-state index is 5.79. The van der Waals surface area contributed by atoms with E-state index < -0.39 is 16.3 Å². The molecule has 11 rings (SSSR count). The lowest BCUT2D eigenvalue weighted by atomic mass is 9.97. The molecule has 1 unspecified atom stereocenters. The monoisotopic (exact) mass is 888 g/mol. The van der Waals surface area contributed by atoms with E-state index in [0.717, 1.165) is 59.2 Å². The van der Waals surface area contributed by atoms with Crippen LogP contribution in [0.3, 0.4) is 0 Å². The number of rotatable bonds is 11. The summed E-state index contributed by atoms with van der Waals surface area (Å²) in [6.07, 6.45) is 21.8. The van der Waals surface area contributed by atoms with E-state index in [1.165, 1.54) is 69.0 Å². The van der Waals surface area contributed by atoms with Crippen molar-refractivity contribution in [1.29, 1.82) is 0 Å². The first-order valence-corrected chi connectivity index (χ1v) is 25.5. The molecule has 2 aliphatic rings. The Balaban J connectivity index is 1.18. The van der Waals surface area contributed by atoms with Gasteiger partial charge in [0.2, 0.25) is 6.29 Å². The molecule has 2 aromatic heterocycles. The number of allylic oxidation sites excluding steroid dienone is 8. The second kappa shape index (κ2) is 17.8. The van der Waals surface area contributed by atoms with Crippen LogP contribution in [0.4, 0.5) is 5.69 Å². The highest BCUT2D eigenvalue weighted by Crippen LogP contribution is 2.74. The van der Waals surface area contributed by atoms with Crippen molar-refractivity contribution in [3.63, 3.8) is 0 Å². The van der Waals surface area contributed by atoms with Crippen LogP contribution in [0.2, 0.25) is 0 Å². The number of aromatic nitrogens is 2. The maximum Gasteiger partial charge on any atom is 0.201 e. The number of aryl methyl sites for hydroxylation is 1. The standard InChI is InChI=1S/C62H56N4S/c1-5-22-46(23-6-2)67(47-27-14-10-15-28-47,48-29-16-11-17-30-48)49-37-40-58-54(42-49)60-50(24-7-3)43(8-4)35-39-59(60)66(58)62-63-55-33-20-18-32-52(55)61(64-62)44-36-38-57-53(41-44)51-31-19-21-34-56(51)65(57)45-25-12-9-13-26-45/h5,7,9-12,14-25,27-42,62-63H,6,8,13,26H2,1-4H3/b22-5-,24-7-,46-23+. The number of nitrogens with one attached hydrogen (secondary N) is 1. The third kappa shape index (κ3) is 6.95. The molecule has 4 nitrogen and oxygen atoms in total. The lowest BCUT2D eigenvalue weighted by Crippen LogP contribution is -2.24. The van der Waals surface area contributed by atoms with E-state index in [1.807, 2.05) is 0 Å². The highest BCUT2D eigenvalue weighted by atomic mass is 32.3. The maximum atomic E-state index is 5.79. The summed E-state index contributed by atoms with van der Waals surface area (Å²) in [5, 5.41) is 8.94. The van der Waals surface area contributed by atoms with Crippen LogP contribution < -0.4 is 5.32 Å². The average Bonchev–Trinajstić information content (AvgIpc) is 3.90. The normalized spacial score (nSPS) is 15.8. The summed E-state index contributed by atoms with van der Waals surface area (Å²) in [5.41, 5.74) is 13.0. The molecule has 0 spiro atoms. The van der Waals surface area contributed by atoms with Gasteiger partial charge in [0.15, 0.2) is 0 Å². The zero-order valence-electron chi connectivity index (χ0n) is 38.8. The van der Waals surface area contributed by atoms with Crippen molar-refractivity contribution in [3.8, 4) is 0 Å². The Kier molecular flexibility index (Phi) is 11.2. The third-order valence-corrected chi connectivity index (χ3v) is 17.5. The molecule has 0 radical (unpaired) electrons. The van der Waals surface area contributed by atoms with Crippen LogP contribution in [0.25, 0.3) is 55.4 Å². The lowest BCUT2D eigenvalue weighted by Gasteiger charge is -2.43. The molecule has 3 heterocycles. The molecule has 0 fully saturated rings. The van der Waals surface area contributed by atoms with Crippen LogP contribution in [-0.2, 0) is 6.42 Å². The smallest absolute Gasteiger partial charge is 0.201 e. The Morgan fingerprint density at radius 3 is 2.13 bits per heavy atom. The van der Waals surface area contributed by atoms with Gasteiger partial charge in [-0.1, -0.05) is 141 Å². The largest absolute Gasteiger partial charge is 0.346 e. The minimum absolute atomic E-state index is 0.420. The summed E-state index contributed by atoms with van der Waals surface area (Å²) in [7, 11) is -1.94. The topological polar surface area (TPSA) is 34.2 Å². The molecular formula is C62H56N4S.